The number of piperazine rings is 1. The van der Waals surface area contributed by atoms with Crippen molar-refractivity contribution >= 4 is 5.96 Å². The fraction of sp³-hybridized carbons (Fsp3) is 0.938. The molecule has 2 rings (SSSR count). The van der Waals surface area contributed by atoms with Crippen LogP contribution >= 0.6 is 0 Å². The van der Waals surface area contributed by atoms with Crippen molar-refractivity contribution in [3.8, 4) is 0 Å². The number of nitrogens with zero attached hydrogens (tertiary/aromatic N) is 4. The van der Waals surface area contributed by atoms with E-state index in [1.54, 1.807) is 0 Å². The SMILES string of the molecule is CCNC(=NCCN1CCOCC1)N1CCN(C(C)C(F)(F)F)CC1. The summed E-state index contributed by atoms with van der Waals surface area (Å²) < 4.78 is 43.9. The van der Waals surface area contributed by atoms with Gasteiger partial charge in [0.1, 0.15) is 6.04 Å². The summed E-state index contributed by atoms with van der Waals surface area (Å²) in [5.41, 5.74) is 0. The molecule has 9 heteroatoms. The summed E-state index contributed by atoms with van der Waals surface area (Å²) >= 11 is 0. The number of aliphatic imine (C=N–C) groups is 1. The minimum atomic E-state index is -4.17. The van der Waals surface area contributed by atoms with Gasteiger partial charge in [0.25, 0.3) is 0 Å². The Bertz CT molecular complexity index is 418. The molecule has 0 radical (unpaired) electrons. The number of rotatable bonds is 5. The third-order valence-electron chi connectivity index (χ3n) is 4.75. The third kappa shape index (κ3) is 6.31. The van der Waals surface area contributed by atoms with E-state index in [9.17, 15) is 13.2 Å². The second-order valence-corrected chi connectivity index (χ2v) is 6.43. The Kier molecular flexibility index (Phi) is 7.77. The van der Waals surface area contributed by atoms with Crippen molar-refractivity contribution in [2.24, 2.45) is 4.99 Å². The first kappa shape index (κ1) is 20.3. The van der Waals surface area contributed by atoms with Crippen LogP contribution in [-0.2, 0) is 4.74 Å². The second kappa shape index (κ2) is 9.59. The Morgan fingerprint density at radius 3 is 2.32 bits per heavy atom. The standard InChI is InChI=1S/C16H30F3N5O/c1-3-20-15(21-4-5-22-10-12-25-13-11-22)24-8-6-23(7-9-24)14(2)16(17,18)19/h14H,3-13H2,1-2H3,(H,20,21). The van der Waals surface area contributed by atoms with Crippen molar-refractivity contribution in [2.45, 2.75) is 26.1 Å². The van der Waals surface area contributed by atoms with Crippen LogP contribution in [0.5, 0.6) is 0 Å². The van der Waals surface area contributed by atoms with Crippen LogP contribution in [-0.4, -0.2) is 105 Å². The molecule has 2 saturated heterocycles. The Hall–Kier alpha value is -1.06. The molecule has 0 amide bonds. The number of guanidine groups is 1. The van der Waals surface area contributed by atoms with Crippen LogP contribution in [0.15, 0.2) is 4.99 Å². The Morgan fingerprint density at radius 2 is 1.76 bits per heavy atom. The van der Waals surface area contributed by atoms with E-state index < -0.39 is 12.2 Å². The summed E-state index contributed by atoms with van der Waals surface area (Å²) in [6, 6.07) is -1.39. The Labute approximate surface area is 148 Å². The number of alkyl halides is 3. The number of halogens is 3. The van der Waals surface area contributed by atoms with E-state index in [1.807, 2.05) is 6.92 Å². The van der Waals surface area contributed by atoms with Crippen LogP contribution in [0.1, 0.15) is 13.8 Å². The lowest BCUT2D eigenvalue weighted by Gasteiger charge is -2.39. The molecular weight excluding hydrogens is 335 g/mol. The van der Waals surface area contributed by atoms with Gasteiger partial charge < -0.3 is 15.0 Å². The van der Waals surface area contributed by atoms with Gasteiger partial charge in [-0.05, 0) is 13.8 Å². The summed E-state index contributed by atoms with van der Waals surface area (Å²) in [4.78, 5) is 10.5. The molecule has 1 unspecified atom stereocenters. The maximum Gasteiger partial charge on any atom is 0.403 e. The van der Waals surface area contributed by atoms with Crippen molar-refractivity contribution in [1.82, 2.24) is 20.0 Å². The normalized spacial score (nSPS) is 22.9. The molecule has 0 bridgehead atoms. The number of ether oxygens (including phenoxy) is 1. The van der Waals surface area contributed by atoms with E-state index in [-0.39, 0.29) is 0 Å². The zero-order chi connectivity index (χ0) is 18.3. The first-order valence-electron chi connectivity index (χ1n) is 9.06. The summed E-state index contributed by atoms with van der Waals surface area (Å²) in [7, 11) is 0. The van der Waals surface area contributed by atoms with Crippen LogP contribution in [0.4, 0.5) is 13.2 Å². The van der Waals surface area contributed by atoms with E-state index in [1.165, 1.54) is 11.8 Å². The molecule has 25 heavy (non-hydrogen) atoms. The molecule has 2 fully saturated rings. The molecule has 0 saturated carbocycles. The molecule has 1 N–H and O–H groups in total. The molecule has 1 atom stereocenters. The minimum absolute atomic E-state index is 0.397. The van der Waals surface area contributed by atoms with Crippen LogP contribution in [0, 0.1) is 0 Å². The van der Waals surface area contributed by atoms with Gasteiger partial charge in [0.2, 0.25) is 0 Å². The number of nitrogens with one attached hydrogen (secondary N) is 1. The van der Waals surface area contributed by atoms with E-state index in [4.69, 9.17) is 4.74 Å². The second-order valence-electron chi connectivity index (χ2n) is 6.43. The fourth-order valence-corrected chi connectivity index (χ4v) is 3.08. The molecule has 2 heterocycles. The quantitative estimate of drug-likeness (QED) is 0.578. The highest BCUT2D eigenvalue weighted by Gasteiger charge is 2.41. The van der Waals surface area contributed by atoms with Crippen molar-refractivity contribution in [2.75, 3.05) is 72.1 Å². The predicted octanol–water partition coefficient (Wildman–Crippen LogP) is 0.853. The lowest BCUT2D eigenvalue weighted by molar-refractivity contribution is -0.181. The van der Waals surface area contributed by atoms with Gasteiger partial charge >= 0.3 is 6.18 Å². The van der Waals surface area contributed by atoms with E-state index in [0.717, 1.165) is 45.4 Å². The van der Waals surface area contributed by atoms with Gasteiger partial charge in [0.05, 0.1) is 19.8 Å². The molecule has 0 aliphatic carbocycles. The zero-order valence-electron chi connectivity index (χ0n) is 15.2. The molecule has 2 aliphatic rings. The summed E-state index contributed by atoms with van der Waals surface area (Å²) in [6.07, 6.45) is -4.17. The molecule has 146 valence electrons. The van der Waals surface area contributed by atoms with Gasteiger partial charge in [-0.25, -0.2) is 0 Å². The third-order valence-corrected chi connectivity index (χ3v) is 4.75. The van der Waals surface area contributed by atoms with Gasteiger partial charge in [0.15, 0.2) is 5.96 Å². The van der Waals surface area contributed by atoms with Gasteiger partial charge in [-0.15, -0.1) is 0 Å². The highest BCUT2D eigenvalue weighted by atomic mass is 19.4. The lowest BCUT2D eigenvalue weighted by Crippen LogP contribution is -2.56. The van der Waals surface area contributed by atoms with E-state index in [2.05, 4.69) is 20.1 Å². The van der Waals surface area contributed by atoms with Crippen molar-refractivity contribution in [3.63, 3.8) is 0 Å². The van der Waals surface area contributed by atoms with Crippen LogP contribution < -0.4 is 5.32 Å². The molecule has 0 spiro atoms. The Morgan fingerprint density at radius 1 is 1.12 bits per heavy atom. The number of hydrogen-bond donors (Lipinski definition) is 1. The summed E-state index contributed by atoms with van der Waals surface area (Å²) in [5, 5.41) is 3.26. The minimum Gasteiger partial charge on any atom is -0.379 e. The van der Waals surface area contributed by atoms with Crippen molar-refractivity contribution in [1.29, 1.82) is 0 Å². The fourth-order valence-electron chi connectivity index (χ4n) is 3.08. The smallest absolute Gasteiger partial charge is 0.379 e. The largest absolute Gasteiger partial charge is 0.403 e. The maximum atomic E-state index is 12.8. The molecule has 6 nitrogen and oxygen atoms in total. The zero-order valence-corrected chi connectivity index (χ0v) is 15.2. The molecule has 2 aliphatic heterocycles. The molecule has 0 aromatic heterocycles. The van der Waals surface area contributed by atoms with Crippen LogP contribution in [0.2, 0.25) is 0 Å². The van der Waals surface area contributed by atoms with Gasteiger partial charge in [0, 0.05) is 52.4 Å². The van der Waals surface area contributed by atoms with Crippen molar-refractivity contribution < 1.29 is 17.9 Å². The first-order valence-corrected chi connectivity index (χ1v) is 9.06. The topological polar surface area (TPSA) is 43.3 Å². The molecule has 0 aromatic carbocycles. The van der Waals surface area contributed by atoms with Gasteiger partial charge in [-0.2, -0.15) is 13.2 Å². The van der Waals surface area contributed by atoms with Crippen LogP contribution in [0.3, 0.4) is 0 Å². The maximum absolute atomic E-state index is 12.8. The summed E-state index contributed by atoms with van der Waals surface area (Å²) in [6.45, 7) is 10.8. The first-order chi connectivity index (χ1) is 11.9. The van der Waals surface area contributed by atoms with E-state index >= 15 is 0 Å². The lowest BCUT2D eigenvalue weighted by atomic mass is 10.2. The van der Waals surface area contributed by atoms with Crippen molar-refractivity contribution in [3.05, 3.63) is 0 Å². The number of morpholine rings is 1. The predicted molar refractivity (Wildman–Crippen MR) is 91.9 cm³/mol. The summed E-state index contributed by atoms with van der Waals surface area (Å²) in [5.74, 6) is 0.801. The molecular formula is C16H30F3N5O. The van der Waals surface area contributed by atoms with Crippen LogP contribution in [0.25, 0.3) is 0 Å². The highest BCUT2D eigenvalue weighted by Crippen LogP contribution is 2.25. The monoisotopic (exact) mass is 365 g/mol. The van der Waals surface area contributed by atoms with Gasteiger partial charge in [-0.1, -0.05) is 0 Å². The number of hydrogen-bond acceptors (Lipinski definition) is 4. The highest BCUT2D eigenvalue weighted by molar-refractivity contribution is 5.80. The molecule has 0 aromatic rings. The average molecular weight is 365 g/mol. The Balaban J connectivity index is 1.82. The van der Waals surface area contributed by atoms with Gasteiger partial charge in [-0.3, -0.25) is 14.8 Å². The average Bonchev–Trinajstić information content (AvgIpc) is 2.61. The van der Waals surface area contributed by atoms with E-state index in [0.29, 0.717) is 32.7 Å².